The quantitative estimate of drug-likeness (QED) is 0.809. The van der Waals surface area contributed by atoms with Crippen LogP contribution >= 0.6 is 0 Å². The van der Waals surface area contributed by atoms with Crippen LogP contribution < -0.4 is 9.47 Å². The Morgan fingerprint density at radius 2 is 2.06 bits per heavy atom. The van der Waals surface area contributed by atoms with E-state index in [1.165, 1.54) is 14.2 Å². The zero-order chi connectivity index (χ0) is 13.7. The van der Waals surface area contributed by atoms with Gasteiger partial charge in [-0.05, 0) is 13.0 Å². The first kappa shape index (κ1) is 14.2. The van der Waals surface area contributed by atoms with Crippen molar-refractivity contribution in [2.24, 2.45) is 0 Å². The average Bonchev–Trinajstić information content (AvgIpc) is 2.36. The maximum Gasteiger partial charge on any atom is 0.339 e. The summed E-state index contributed by atoms with van der Waals surface area (Å²) in [5.41, 5.74) is -0.0344. The summed E-state index contributed by atoms with van der Waals surface area (Å²) >= 11 is 0. The van der Waals surface area contributed by atoms with E-state index in [4.69, 9.17) is 9.47 Å². The van der Waals surface area contributed by atoms with E-state index in [0.29, 0.717) is 0 Å². The van der Waals surface area contributed by atoms with E-state index in [-0.39, 0.29) is 23.7 Å². The fourth-order valence-electron chi connectivity index (χ4n) is 1.51. The number of aliphatic hydroxyl groups is 1. The maximum absolute atomic E-state index is 13.3. The number of methoxy groups -OCH3 is 2. The molecule has 1 unspecified atom stereocenters. The van der Waals surface area contributed by atoms with Gasteiger partial charge in [0.1, 0.15) is 5.82 Å². The lowest BCUT2D eigenvalue weighted by Gasteiger charge is -2.16. The summed E-state index contributed by atoms with van der Waals surface area (Å²) in [7, 11) is 2.66. The standard InChI is InChI=1S/C12H15FO5/c1-4-18-12(15)10(14)8-5-7(13)6-9(16-2)11(8)17-3/h5-6,10,14H,4H2,1-3H3. The van der Waals surface area contributed by atoms with Crippen molar-refractivity contribution in [3.63, 3.8) is 0 Å². The van der Waals surface area contributed by atoms with Gasteiger partial charge in [-0.1, -0.05) is 0 Å². The molecule has 0 aliphatic carbocycles. The van der Waals surface area contributed by atoms with Crippen LogP contribution in [0.2, 0.25) is 0 Å². The van der Waals surface area contributed by atoms with E-state index in [0.717, 1.165) is 12.1 Å². The molecule has 0 aliphatic rings. The van der Waals surface area contributed by atoms with E-state index >= 15 is 0 Å². The van der Waals surface area contributed by atoms with Crippen molar-refractivity contribution < 1.29 is 28.5 Å². The molecule has 0 heterocycles. The Bertz CT molecular complexity index is 433. The monoisotopic (exact) mass is 258 g/mol. The van der Waals surface area contributed by atoms with Gasteiger partial charge in [0.2, 0.25) is 0 Å². The van der Waals surface area contributed by atoms with E-state index < -0.39 is 17.9 Å². The Balaban J connectivity index is 3.21. The lowest BCUT2D eigenvalue weighted by Crippen LogP contribution is -2.16. The number of ether oxygens (including phenoxy) is 3. The molecular weight excluding hydrogens is 243 g/mol. The molecule has 1 rings (SSSR count). The zero-order valence-electron chi connectivity index (χ0n) is 10.4. The van der Waals surface area contributed by atoms with Crippen LogP contribution in [0, 0.1) is 5.82 Å². The molecular formula is C12H15FO5. The van der Waals surface area contributed by atoms with Crippen LogP contribution in [0.5, 0.6) is 11.5 Å². The summed E-state index contributed by atoms with van der Waals surface area (Å²) in [5, 5.41) is 9.80. The zero-order valence-corrected chi connectivity index (χ0v) is 10.4. The van der Waals surface area contributed by atoms with Crippen LogP contribution in [-0.4, -0.2) is 31.9 Å². The van der Waals surface area contributed by atoms with E-state index in [1.54, 1.807) is 6.92 Å². The van der Waals surface area contributed by atoms with Crippen molar-refractivity contribution >= 4 is 5.97 Å². The Labute approximate surface area is 104 Å². The van der Waals surface area contributed by atoms with Crippen molar-refractivity contribution in [1.29, 1.82) is 0 Å². The molecule has 1 N–H and O–H groups in total. The van der Waals surface area contributed by atoms with E-state index in [1.807, 2.05) is 0 Å². The smallest absolute Gasteiger partial charge is 0.339 e. The summed E-state index contributed by atoms with van der Waals surface area (Å²) < 4.78 is 27.9. The molecule has 0 amide bonds. The van der Waals surface area contributed by atoms with Gasteiger partial charge in [-0.2, -0.15) is 0 Å². The molecule has 100 valence electrons. The van der Waals surface area contributed by atoms with Gasteiger partial charge in [0, 0.05) is 11.6 Å². The van der Waals surface area contributed by atoms with Crippen LogP contribution in [-0.2, 0) is 9.53 Å². The first-order chi connectivity index (χ1) is 8.54. The molecule has 0 aromatic heterocycles. The third-order valence-corrected chi connectivity index (χ3v) is 2.28. The molecule has 1 atom stereocenters. The van der Waals surface area contributed by atoms with Crippen molar-refractivity contribution in [2.45, 2.75) is 13.0 Å². The number of aliphatic hydroxyl groups excluding tert-OH is 1. The highest BCUT2D eigenvalue weighted by molar-refractivity contribution is 5.77. The molecule has 0 aliphatic heterocycles. The summed E-state index contributed by atoms with van der Waals surface area (Å²) in [4.78, 5) is 11.4. The average molecular weight is 258 g/mol. The fraction of sp³-hybridized carbons (Fsp3) is 0.417. The van der Waals surface area contributed by atoms with Gasteiger partial charge in [0.05, 0.1) is 20.8 Å². The second kappa shape index (κ2) is 6.20. The topological polar surface area (TPSA) is 65.0 Å². The van der Waals surface area contributed by atoms with Gasteiger partial charge >= 0.3 is 5.97 Å². The minimum atomic E-state index is -1.62. The van der Waals surface area contributed by atoms with Crippen LogP contribution in [0.1, 0.15) is 18.6 Å². The summed E-state index contributed by atoms with van der Waals surface area (Å²) in [6, 6.07) is 2.10. The highest BCUT2D eigenvalue weighted by atomic mass is 19.1. The number of hydrogen-bond donors (Lipinski definition) is 1. The Morgan fingerprint density at radius 1 is 1.39 bits per heavy atom. The first-order valence-corrected chi connectivity index (χ1v) is 5.31. The number of esters is 1. The second-order valence-electron chi connectivity index (χ2n) is 3.39. The summed E-state index contributed by atoms with van der Waals surface area (Å²) in [6.07, 6.45) is -1.62. The second-order valence-corrected chi connectivity index (χ2v) is 3.39. The lowest BCUT2D eigenvalue weighted by molar-refractivity contribution is -0.153. The van der Waals surface area contributed by atoms with Crippen molar-refractivity contribution in [3.05, 3.63) is 23.5 Å². The van der Waals surface area contributed by atoms with Crippen molar-refractivity contribution in [3.8, 4) is 11.5 Å². The number of hydrogen-bond acceptors (Lipinski definition) is 5. The normalized spacial score (nSPS) is 11.8. The molecule has 0 fully saturated rings. The van der Waals surface area contributed by atoms with Crippen LogP contribution in [0.15, 0.2) is 12.1 Å². The van der Waals surface area contributed by atoms with Crippen LogP contribution in [0.25, 0.3) is 0 Å². The molecule has 5 nitrogen and oxygen atoms in total. The molecule has 0 saturated carbocycles. The van der Waals surface area contributed by atoms with Gasteiger partial charge in [-0.15, -0.1) is 0 Å². The fourth-order valence-corrected chi connectivity index (χ4v) is 1.51. The Hall–Kier alpha value is -1.82. The molecule has 0 radical (unpaired) electrons. The molecule has 0 saturated heterocycles. The van der Waals surface area contributed by atoms with E-state index in [2.05, 4.69) is 4.74 Å². The van der Waals surface area contributed by atoms with Crippen molar-refractivity contribution in [2.75, 3.05) is 20.8 Å². The minimum Gasteiger partial charge on any atom is -0.493 e. The molecule has 1 aromatic carbocycles. The number of rotatable bonds is 5. The highest BCUT2D eigenvalue weighted by Gasteiger charge is 2.25. The van der Waals surface area contributed by atoms with Gasteiger partial charge in [0.15, 0.2) is 17.6 Å². The van der Waals surface area contributed by atoms with Gasteiger partial charge < -0.3 is 19.3 Å². The third-order valence-electron chi connectivity index (χ3n) is 2.28. The van der Waals surface area contributed by atoms with Gasteiger partial charge in [-0.25, -0.2) is 9.18 Å². The minimum absolute atomic E-state index is 0.0344. The summed E-state index contributed by atoms with van der Waals surface area (Å²) in [5.74, 6) is -1.33. The van der Waals surface area contributed by atoms with Crippen LogP contribution in [0.4, 0.5) is 4.39 Å². The van der Waals surface area contributed by atoms with Gasteiger partial charge in [-0.3, -0.25) is 0 Å². The lowest BCUT2D eigenvalue weighted by atomic mass is 10.1. The highest BCUT2D eigenvalue weighted by Crippen LogP contribution is 2.36. The predicted octanol–water partition coefficient (Wildman–Crippen LogP) is 1.44. The molecule has 0 spiro atoms. The maximum atomic E-state index is 13.3. The molecule has 18 heavy (non-hydrogen) atoms. The number of halogens is 1. The molecule has 1 aromatic rings. The Morgan fingerprint density at radius 3 is 2.56 bits per heavy atom. The molecule has 0 bridgehead atoms. The number of carbonyl (C=O) groups is 1. The van der Waals surface area contributed by atoms with Gasteiger partial charge in [0.25, 0.3) is 0 Å². The molecule has 6 heteroatoms. The third kappa shape index (κ3) is 2.89. The SMILES string of the molecule is CCOC(=O)C(O)c1cc(F)cc(OC)c1OC. The number of carbonyl (C=O) groups excluding carboxylic acids is 1. The first-order valence-electron chi connectivity index (χ1n) is 5.31. The summed E-state index contributed by atoms with van der Waals surface area (Å²) in [6.45, 7) is 1.72. The number of benzene rings is 1. The largest absolute Gasteiger partial charge is 0.493 e. The van der Waals surface area contributed by atoms with Crippen LogP contribution in [0.3, 0.4) is 0 Å². The predicted molar refractivity (Wildman–Crippen MR) is 61.1 cm³/mol. The Kier molecular flexibility index (Phi) is 4.91. The van der Waals surface area contributed by atoms with Crippen molar-refractivity contribution in [1.82, 2.24) is 0 Å². The van der Waals surface area contributed by atoms with E-state index in [9.17, 15) is 14.3 Å².